The summed E-state index contributed by atoms with van der Waals surface area (Å²) < 4.78 is 5.18. The zero-order chi connectivity index (χ0) is 14.5. The number of hydrogen-bond donors (Lipinski definition) is 2. The molecule has 0 radical (unpaired) electrons. The molecule has 2 aromatic rings. The van der Waals surface area contributed by atoms with Crippen molar-refractivity contribution in [3.63, 3.8) is 0 Å². The molecular weight excluding hydrogens is 256 g/mol. The first-order valence-corrected chi connectivity index (χ1v) is 6.26. The van der Waals surface area contributed by atoms with Crippen LogP contribution >= 0.6 is 0 Å². The van der Waals surface area contributed by atoms with E-state index in [1.165, 1.54) is 6.26 Å². The number of aromatic nitrogens is 1. The van der Waals surface area contributed by atoms with Gasteiger partial charge < -0.3 is 20.4 Å². The van der Waals surface area contributed by atoms with E-state index in [9.17, 15) is 4.79 Å². The van der Waals surface area contributed by atoms with Gasteiger partial charge in [0.15, 0.2) is 0 Å². The molecule has 20 heavy (non-hydrogen) atoms. The fourth-order valence-corrected chi connectivity index (χ4v) is 1.88. The number of nitrogens with two attached hydrogens (primary N) is 1. The molecule has 0 atom stereocenters. The van der Waals surface area contributed by atoms with Gasteiger partial charge in [0.2, 0.25) is 11.8 Å². The third kappa shape index (κ3) is 3.58. The maximum atomic E-state index is 11.3. The molecule has 0 spiro atoms. The Kier molecular flexibility index (Phi) is 4.37. The highest BCUT2D eigenvalue weighted by atomic mass is 16.3. The Morgan fingerprint density at radius 3 is 2.85 bits per heavy atom. The van der Waals surface area contributed by atoms with Crippen LogP contribution in [0.5, 0.6) is 0 Å². The molecule has 6 nitrogen and oxygen atoms in total. The van der Waals surface area contributed by atoms with E-state index in [-0.39, 0.29) is 0 Å². The third-order valence-corrected chi connectivity index (χ3v) is 2.79. The summed E-state index contributed by atoms with van der Waals surface area (Å²) in [5.41, 5.74) is 7.72. The number of benzene rings is 1. The van der Waals surface area contributed by atoms with Crippen LogP contribution in [0.2, 0.25) is 0 Å². The molecule has 0 bridgehead atoms. The minimum atomic E-state index is -0.444. The highest BCUT2D eigenvalue weighted by molar-refractivity contribution is 5.94. The summed E-state index contributed by atoms with van der Waals surface area (Å²) in [5, 5.41) is 3.23. The van der Waals surface area contributed by atoms with Gasteiger partial charge in [-0.05, 0) is 31.8 Å². The molecule has 106 valence electrons. The van der Waals surface area contributed by atoms with Crippen molar-refractivity contribution >= 4 is 11.6 Å². The fraction of sp³-hybridized carbons (Fsp3) is 0.286. The minimum Gasteiger partial charge on any atom is -0.447 e. The van der Waals surface area contributed by atoms with Crippen LogP contribution in [0.4, 0.5) is 5.69 Å². The second-order valence-electron chi connectivity index (χ2n) is 4.75. The Morgan fingerprint density at radius 1 is 1.45 bits per heavy atom. The van der Waals surface area contributed by atoms with Crippen molar-refractivity contribution < 1.29 is 9.21 Å². The Morgan fingerprint density at radius 2 is 2.25 bits per heavy atom. The van der Waals surface area contributed by atoms with Gasteiger partial charge in [-0.1, -0.05) is 6.07 Å². The van der Waals surface area contributed by atoms with Crippen LogP contribution in [0.1, 0.15) is 21.8 Å². The predicted octanol–water partition coefficient (Wildman–Crippen LogP) is 1.45. The molecule has 0 saturated heterocycles. The van der Waals surface area contributed by atoms with Gasteiger partial charge in [0.1, 0.15) is 6.26 Å². The molecule has 0 fully saturated rings. The quantitative estimate of drug-likeness (QED) is 0.832. The van der Waals surface area contributed by atoms with Crippen LogP contribution in [0.15, 0.2) is 35.1 Å². The molecule has 0 unspecified atom stereocenters. The summed E-state index contributed by atoms with van der Waals surface area (Å²) in [7, 11) is 3.97. The van der Waals surface area contributed by atoms with E-state index in [0.717, 1.165) is 17.8 Å². The summed E-state index contributed by atoms with van der Waals surface area (Å²) in [6.07, 6.45) is 3.12. The maximum absolute atomic E-state index is 11.3. The molecule has 1 aromatic heterocycles. The van der Waals surface area contributed by atoms with Gasteiger partial charge in [-0.3, -0.25) is 4.79 Å². The summed E-state index contributed by atoms with van der Waals surface area (Å²) in [4.78, 5) is 17.4. The molecule has 2 rings (SSSR count). The summed E-state index contributed by atoms with van der Waals surface area (Å²) >= 11 is 0. The Hall–Kier alpha value is -2.34. The van der Waals surface area contributed by atoms with Gasteiger partial charge in [0.25, 0.3) is 0 Å². The van der Waals surface area contributed by atoms with Gasteiger partial charge in [-0.2, -0.15) is 0 Å². The number of nitrogens with zero attached hydrogens (tertiary/aromatic N) is 2. The minimum absolute atomic E-state index is 0.444. The fourth-order valence-electron chi connectivity index (χ4n) is 1.88. The van der Waals surface area contributed by atoms with Crippen molar-refractivity contribution in [3.8, 4) is 0 Å². The van der Waals surface area contributed by atoms with Crippen molar-refractivity contribution in [3.05, 3.63) is 47.7 Å². The highest BCUT2D eigenvalue weighted by Gasteiger charge is 2.09. The lowest BCUT2D eigenvalue weighted by Gasteiger charge is -2.16. The average molecular weight is 274 g/mol. The first-order chi connectivity index (χ1) is 9.56. The van der Waals surface area contributed by atoms with Crippen LogP contribution in [-0.2, 0) is 13.1 Å². The SMILES string of the molecule is CN(C)Cc1ccc(C(N)=O)cc1NCc1ncco1. The first-order valence-electron chi connectivity index (χ1n) is 6.26. The molecule has 0 aliphatic rings. The molecule has 6 heteroatoms. The number of amides is 1. The van der Waals surface area contributed by atoms with Gasteiger partial charge in [0.05, 0.1) is 12.7 Å². The molecule has 0 saturated carbocycles. The van der Waals surface area contributed by atoms with Gasteiger partial charge in [0, 0.05) is 17.8 Å². The zero-order valence-corrected chi connectivity index (χ0v) is 11.6. The largest absolute Gasteiger partial charge is 0.447 e. The maximum Gasteiger partial charge on any atom is 0.248 e. The second kappa shape index (κ2) is 6.21. The molecular formula is C14H18N4O2. The number of oxazole rings is 1. The summed E-state index contributed by atoms with van der Waals surface area (Å²) in [5.74, 6) is 0.144. The average Bonchev–Trinajstić information content (AvgIpc) is 2.89. The number of nitrogens with one attached hydrogen (secondary N) is 1. The van der Waals surface area contributed by atoms with E-state index in [2.05, 4.69) is 15.2 Å². The summed E-state index contributed by atoms with van der Waals surface area (Å²) in [6.45, 7) is 1.21. The normalized spacial score (nSPS) is 10.8. The highest BCUT2D eigenvalue weighted by Crippen LogP contribution is 2.20. The lowest BCUT2D eigenvalue weighted by molar-refractivity contribution is 0.100. The van der Waals surface area contributed by atoms with Crippen molar-refractivity contribution in [1.82, 2.24) is 9.88 Å². The number of primary amides is 1. The van der Waals surface area contributed by atoms with Crippen LogP contribution in [0.3, 0.4) is 0 Å². The van der Waals surface area contributed by atoms with E-state index in [0.29, 0.717) is 18.0 Å². The summed E-state index contributed by atoms with van der Waals surface area (Å²) in [6, 6.07) is 5.39. The number of carbonyl (C=O) groups is 1. The van der Waals surface area contributed by atoms with Gasteiger partial charge >= 0.3 is 0 Å². The van der Waals surface area contributed by atoms with Crippen molar-refractivity contribution in [1.29, 1.82) is 0 Å². The molecule has 1 amide bonds. The third-order valence-electron chi connectivity index (χ3n) is 2.79. The topological polar surface area (TPSA) is 84.4 Å². The monoisotopic (exact) mass is 274 g/mol. The van der Waals surface area contributed by atoms with Crippen molar-refractivity contribution in [2.45, 2.75) is 13.1 Å². The van der Waals surface area contributed by atoms with Gasteiger partial charge in [-0.15, -0.1) is 0 Å². The lowest BCUT2D eigenvalue weighted by atomic mass is 10.1. The standard InChI is InChI=1S/C14H18N4O2/c1-18(2)9-11-4-3-10(14(15)19)7-12(11)17-8-13-16-5-6-20-13/h3-7,17H,8-9H2,1-2H3,(H2,15,19). The molecule has 1 heterocycles. The molecule has 1 aromatic carbocycles. The zero-order valence-electron chi connectivity index (χ0n) is 11.6. The molecule has 3 N–H and O–H groups in total. The molecule has 0 aliphatic carbocycles. The lowest BCUT2D eigenvalue weighted by Crippen LogP contribution is -2.15. The van der Waals surface area contributed by atoms with Crippen LogP contribution < -0.4 is 11.1 Å². The Labute approximate surface area is 117 Å². The van der Waals surface area contributed by atoms with E-state index in [1.807, 2.05) is 20.2 Å². The van der Waals surface area contributed by atoms with Crippen LogP contribution in [0.25, 0.3) is 0 Å². The first kappa shape index (κ1) is 14.1. The van der Waals surface area contributed by atoms with Crippen LogP contribution in [0, 0.1) is 0 Å². The number of carbonyl (C=O) groups excluding carboxylic acids is 1. The van der Waals surface area contributed by atoms with E-state index in [1.54, 1.807) is 18.3 Å². The van der Waals surface area contributed by atoms with Crippen LogP contribution in [-0.4, -0.2) is 29.9 Å². The van der Waals surface area contributed by atoms with E-state index >= 15 is 0 Å². The van der Waals surface area contributed by atoms with Crippen molar-refractivity contribution in [2.75, 3.05) is 19.4 Å². The van der Waals surface area contributed by atoms with E-state index < -0.39 is 5.91 Å². The Balaban J connectivity index is 2.21. The van der Waals surface area contributed by atoms with Crippen molar-refractivity contribution in [2.24, 2.45) is 5.73 Å². The second-order valence-corrected chi connectivity index (χ2v) is 4.75. The Bertz CT molecular complexity index is 579. The van der Waals surface area contributed by atoms with Gasteiger partial charge in [-0.25, -0.2) is 4.98 Å². The number of anilines is 1. The number of hydrogen-bond acceptors (Lipinski definition) is 5. The smallest absolute Gasteiger partial charge is 0.248 e. The van der Waals surface area contributed by atoms with E-state index in [4.69, 9.17) is 10.2 Å². The molecule has 0 aliphatic heterocycles. The number of rotatable bonds is 6. The predicted molar refractivity (Wildman–Crippen MR) is 76.2 cm³/mol.